The maximum atomic E-state index is 12.3. The number of fused-ring (bicyclic) bond motifs is 2. The average molecular weight is 359 g/mol. The van der Waals surface area contributed by atoms with E-state index in [1.54, 1.807) is 24.3 Å². The zero-order chi connectivity index (χ0) is 18.5. The number of hydrogen-bond acceptors (Lipinski definition) is 5. The summed E-state index contributed by atoms with van der Waals surface area (Å²) < 4.78 is 10.5. The molecule has 1 unspecified atom stereocenters. The molecule has 1 aromatic carbocycles. The summed E-state index contributed by atoms with van der Waals surface area (Å²) in [6.45, 7) is 2.17. The molecule has 26 heavy (non-hydrogen) atoms. The topological polar surface area (TPSA) is 81.7 Å². The maximum Gasteiger partial charge on any atom is 0.309 e. The molecule has 3 rings (SSSR count). The Bertz CT molecular complexity index is 653. The number of carbonyl (C=O) groups excluding carboxylic acids is 3. The van der Waals surface area contributed by atoms with Crippen LogP contribution in [0.3, 0.4) is 0 Å². The fourth-order valence-corrected chi connectivity index (χ4v) is 3.92. The van der Waals surface area contributed by atoms with Gasteiger partial charge in [0.05, 0.1) is 12.5 Å². The van der Waals surface area contributed by atoms with Crippen molar-refractivity contribution in [3.63, 3.8) is 0 Å². The third-order valence-corrected chi connectivity index (χ3v) is 5.18. The third-order valence-electron chi connectivity index (χ3n) is 5.18. The van der Waals surface area contributed by atoms with Crippen molar-refractivity contribution in [1.82, 2.24) is 0 Å². The second kappa shape index (κ2) is 8.34. The first-order valence-corrected chi connectivity index (χ1v) is 9.30. The Hall–Kier alpha value is -2.37. The van der Waals surface area contributed by atoms with Crippen LogP contribution in [0.1, 0.15) is 39.0 Å². The van der Waals surface area contributed by atoms with Gasteiger partial charge in [0.2, 0.25) is 0 Å². The summed E-state index contributed by atoms with van der Waals surface area (Å²) in [4.78, 5) is 36.3. The van der Waals surface area contributed by atoms with E-state index in [-0.39, 0.29) is 36.2 Å². The van der Waals surface area contributed by atoms with E-state index in [4.69, 9.17) is 9.47 Å². The van der Waals surface area contributed by atoms with Gasteiger partial charge >= 0.3 is 5.97 Å². The molecule has 2 saturated carbocycles. The van der Waals surface area contributed by atoms with Gasteiger partial charge in [-0.1, -0.05) is 6.42 Å². The van der Waals surface area contributed by atoms with Crippen LogP contribution in [0.15, 0.2) is 24.3 Å². The molecule has 3 atom stereocenters. The van der Waals surface area contributed by atoms with Gasteiger partial charge in [0.25, 0.3) is 5.91 Å². The molecule has 0 aliphatic heterocycles. The molecule has 1 aromatic rings. The summed E-state index contributed by atoms with van der Waals surface area (Å²) in [5.41, 5.74) is 0.618. The van der Waals surface area contributed by atoms with Crippen LogP contribution >= 0.6 is 0 Å². The lowest BCUT2D eigenvalue weighted by molar-refractivity contribution is -0.155. The SMILES string of the molecule is CCOc1ccc(NC(=O)COC(=O)C2C[C@H]3CCC[C@@H](C2)C3=O)cc1. The minimum atomic E-state index is -0.380. The lowest BCUT2D eigenvalue weighted by Crippen LogP contribution is -2.40. The quantitative estimate of drug-likeness (QED) is 0.790. The molecule has 6 heteroatoms. The highest BCUT2D eigenvalue weighted by Gasteiger charge is 2.41. The first-order valence-electron chi connectivity index (χ1n) is 9.30. The predicted molar refractivity (Wildman–Crippen MR) is 95.8 cm³/mol. The molecule has 0 spiro atoms. The molecule has 2 aliphatic rings. The molecule has 0 radical (unpaired) electrons. The highest BCUT2D eigenvalue weighted by molar-refractivity contribution is 5.93. The number of ketones is 1. The number of ether oxygens (including phenoxy) is 2. The van der Waals surface area contributed by atoms with E-state index in [2.05, 4.69) is 5.32 Å². The number of esters is 1. The Morgan fingerprint density at radius 3 is 2.38 bits per heavy atom. The predicted octanol–water partition coefficient (Wildman–Crippen LogP) is 2.96. The Labute approximate surface area is 153 Å². The average Bonchev–Trinajstić information content (AvgIpc) is 2.61. The van der Waals surface area contributed by atoms with Crippen LogP contribution in [0.4, 0.5) is 5.69 Å². The van der Waals surface area contributed by atoms with Gasteiger partial charge in [0.1, 0.15) is 11.5 Å². The zero-order valence-electron chi connectivity index (χ0n) is 15.0. The number of nitrogens with one attached hydrogen (secondary N) is 1. The highest BCUT2D eigenvalue weighted by Crippen LogP contribution is 2.40. The van der Waals surface area contributed by atoms with Crippen molar-refractivity contribution >= 4 is 23.3 Å². The number of amides is 1. The smallest absolute Gasteiger partial charge is 0.309 e. The summed E-state index contributed by atoms with van der Waals surface area (Å²) in [7, 11) is 0. The van der Waals surface area contributed by atoms with Gasteiger partial charge in [-0.15, -0.1) is 0 Å². The van der Waals surface area contributed by atoms with E-state index in [1.807, 2.05) is 6.92 Å². The van der Waals surface area contributed by atoms with E-state index < -0.39 is 0 Å². The lowest BCUT2D eigenvalue weighted by Gasteiger charge is -2.36. The van der Waals surface area contributed by atoms with Crippen molar-refractivity contribution in [1.29, 1.82) is 0 Å². The molecule has 2 bridgehead atoms. The minimum Gasteiger partial charge on any atom is -0.494 e. The molecule has 2 fully saturated rings. The van der Waals surface area contributed by atoms with Gasteiger partial charge in [-0.3, -0.25) is 14.4 Å². The fourth-order valence-electron chi connectivity index (χ4n) is 3.92. The summed E-state index contributed by atoms with van der Waals surface area (Å²) in [5.74, 6) is 0.0328. The standard InChI is InChI=1S/C20H25NO5/c1-2-25-17-8-6-16(7-9-17)21-18(22)12-26-20(24)15-10-13-4-3-5-14(11-15)19(13)23/h6-9,13-15H,2-5,10-12H2,1H3,(H,21,22)/t13-,14+,15?. The number of carbonyl (C=O) groups is 3. The van der Waals surface area contributed by atoms with Crippen LogP contribution in [-0.2, 0) is 19.1 Å². The normalized spacial score (nSPS) is 24.7. The molecule has 2 aliphatic carbocycles. The Morgan fingerprint density at radius 1 is 1.12 bits per heavy atom. The monoisotopic (exact) mass is 359 g/mol. The number of Topliss-reactive ketones (excluding diaryl/α,β-unsaturated/α-hetero) is 1. The van der Waals surface area contributed by atoms with Gasteiger partial charge in [0.15, 0.2) is 6.61 Å². The Kier molecular flexibility index (Phi) is 5.91. The number of benzene rings is 1. The van der Waals surface area contributed by atoms with Crippen LogP contribution in [0, 0.1) is 17.8 Å². The highest BCUT2D eigenvalue weighted by atomic mass is 16.5. The number of anilines is 1. The van der Waals surface area contributed by atoms with E-state index in [9.17, 15) is 14.4 Å². The minimum absolute atomic E-state index is 0.00210. The molecule has 140 valence electrons. The van der Waals surface area contributed by atoms with Crippen LogP contribution in [0.5, 0.6) is 5.75 Å². The molecule has 1 N–H and O–H groups in total. The molecule has 0 saturated heterocycles. The molecule has 0 aromatic heterocycles. The Morgan fingerprint density at radius 2 is 1.77 bits per heavy atom. The lowest BCUT2D eigenvalue weighted by atomic mass is 9.67. The second-order valence-electron chi connectivity index (χ2n) is 7.01. The number of rotatable bonds is 6. The van der Waals surface area contributed by atoms with Gasteiger partial charge in [-0.2, -0.15) is 0 Å². The van der Waals surface area contributed by atoms with Crippen molar-refractivity contribution in [3.8, 4) is 5.75 Å². The van der Waals surface area contributed by atoms with E-state index >= 15 is 0 Å². The van der Waals surface area contributed by atoms with Crippen molar-refractivity contribution < 1.29 is 23.9 Å². The van der Waals surface area contributed by atoms with Gasteiger partial charge < -0.3 is 14.8 Å². The van der Waals surface area contributed by atoms with Crippen LogP contribution < -0.4 is 10.1 Å². The summed E-state index contributed by atoms with van der Waals surface area (Å²) in [5, 5.41) is 2.69. The van der Waals surface area contributed by atoms with Gasteiger partial charge in [-0.05, 0) is 56.9 Å². The molecular weight excluding hydrogens is 334 g/mol. The molecule has 6 nitrogen and oxygen atoms in total. The summed E-state index contributed by atoms with van der Waals surface area (Å²) >= 11 is 0. The third kappa shape index (κ3) is 4.42. The molecule has 1 amide bonds. The second-order valence-corrected chi connectivity index (χ2v) is 7.01. The number of hydrogen-bond donors (Lipinski definition) is 1. The van der Waals surface area contributed by atoms with Crippen molar-refractivity contribution in [2.24, 2.45) is 17.8 Å². The maximum absolute atomic E-state index is 12.3. The molecule has 0 heterocycles. The van der Waals surface area contributed by atoms with Crippen molar-refractivity contribution in [2.45, 2.75) is 39.0 Å². The van der Waals surface area contributed by atoms with Gasteiger partial charge in [-0.25, -0.2) is 0 Å². The van der Waals surface area contributed by atoms with Crippen LogP contribution in [0.2, 0.25) is 0 Å². The van der Waals surface area contributed by atoms with Crippen LogP contribution in [-0.4, -0.2) is 30.9 Å². The summed E-state index contributed by atoms with van der Waals surface area (Å²) in [6, 6.07) is 7.00. The van der Waals surface area contributed by atoms with E-state index in [1.165, 1.54) is 0 Å². The van der Waals surface area contributed by atoms with Crippen LogP contribution in [0.25, 0.3) is 0 Å². The Balaban J connectivity index is 1.45. The summed E-state index contributed by atoms with van der Waals surface area (Å²) in [6.07, 6.45) is 3.94. The van der Waals surface area contributed by atoms with Crippen molar-refractivity contribution in [2.75, 3.05) is 18.5 Å². The van der Waals surface area contributed by atoms with E-state index in [0.29, 0.717) is 30.9 Å². The zero-order valence-corrected chi connectivity index (χ0v) is 15.0. The first kappa shape index (κ1) is 18.4. The van der Waals surface area contributed by atoms with E-state index in [0.717, 1.165) is 25.0 Å². The first-order chi connectivity index (χ1) is 12.6. The fraction of sp³-hybridized carbons (Fsp3) is 0.550. The van der Waals surface area contributed by atoms with Gasteiger partial charge in [0, 0.05) is 17.5 Å². The largest absolute Gasteiger partial charge is 0.494 e. The molecular formula is C20H25NO5. The van der Waals surface area contributed by atoms with Crippen molar-refractivity contribution in [3.05, 3.63) is 24.3 Å².